The molecule has 0 radical (unpaired) electrons. The van der Waals surface area contributed by atoms with E-state index in [1.807, 2.05) is 26.0 Å². The van der Waals surface area contributed by atoms with E-state index in [2.05, 4.69) is 58.8 Å². The highest BCUT2D eigenvalue weighted by Crippen LogP contribution is 2.37. The van der Waals surface area contributed by atoms with Crippen molar-refractivity contribution in [1.82, 2.24) is 9.97 Å². The minimum atomic E-state index is -0.340. The van der Waals surface area contributed by atoms with E-state index >= 15 is 0 Å². The molecule has 158 valence electrons. The second-order valence-corrected chi connectivity index (χ2v) is 8.85. The van der Waals surface area contributed by atoms with Gasteiger partial charge in [-0.1, -0.05) is 44.2 Å². The average Bonchev–Trinajstić information content (AvgIpc) is 3.19. The van der Waals surface area contributed by atoms with E-state index in [0.717, 1.165) is 27.0 Å². The fourth-order valence-electron chi connectivity index (χ4n) is 3.37. The molecule has 2 aromatic heterocycles. The normalized spacial score (nSPS) is 11.3. The summed E-state index contributed by atoms with van der Waals surface area (Å²) in [6, 6.07) is 15.9. The Morgan fingerprint density at radius 3 is 2.52 bits per heavy atom. The zero-order valence-electron chi connectivity index (χ0n) is 18.0. The fourth-order valence-corrected chi connectivity index (χ4v) is 4.29. The van der Waals surface area contributed by atoms with Crippen LogP contribution in [0.1, 0.15) is 49.5 Å². The Kier molecular flexibility index (Phi) is 6.00. The van der Waals surface area contributed by atoms with Crippen molar-refractivity contribution < 1.29 is 9.53 Å². The molecule has 0 amide bonds. The van der Waals surface area contributed by atoms with Gasteiger partial charge in [0.05, 0.1) is 17.1 Å². The van der Waals surface area contributed by atoms with Crippen LogP contribution in [0, 0.1) is 0 Å². The third-order valence-electron chi connectivity index (χ3n) is 4.96. The Labute approximate surface area is 186 Å². The number of rotatable bonds is 6. The predicted octanol–water partition coefficient (Wildman–Crippen LogP) is 6.79. The molecule has 0 saturated carbocycles. The molecule has 0 atom stereocenters. The molecule has 0 fully saturated rings. The number of hydrogen-bond donors (Lipinski definition) is 1. The van der Waals surface area contributed by atoms with E-state index in [9.17, 15) is 4.79 Å². The highest BCUT2D eigenvalue weighted by molar-refractivity contribution is 7.17. The highest BCUT2D eigenvalue weighted by atomic mass is 32.1. The Bertz CT molecular complexity index is 1210. The van der Waals surface area contributed by atoms with Crippen LogP contribution < -0.4 is 5.32 Å². The number of carbonyl (C=O) groups is 1. The van der Waals surface area contributed by atoms with Crippen molar-refractivity contribution in [2.24, 2.45) is 0 Å². The summed E-state index contributed by atoms with van der Waals surface area (Å²) in [5.74, 6) is 0.861. The molecule has 6 heteroatoms. The number of esters is 1. The summed E-state index contributed by atoms with van der Waals surface area (Å²) in [6.45, 7) is 8.05. The molecular weight excluding hydrogens is 406 g/mol. The lowest BCUT2D eigenvalue weighted by Crippen LogP contribution is -2.11. The first kappa shape index (κ1) is 21.0. The van der Waals surface area contributed by atoms with Crippen LogP contribution in [0.3, 0.4) is 0 Å². The maximum atomic E-state index is 12.3. The quantitative estimate of drug-likeness (QED) is 0.341. The maximum Gasteiger partial charge on any atom is 0.338 e. The second kappa shape index (κ2) is 8.86. The van der Waals surface area contributed by atoms with Crippen LogP contribution in [0.15, 0.2) is 60.2 Å². The summed E-state index contributed by atoms with van der Waals surface area (Å²) in [6.07, 6.45) is 1.39. The summed E-state index contributed by atoms with van der Waals surface area (Å²) in [5, 5.41) is 6.46. The highest BCUT2D eigenvalue weighted by Gasteiger charge is 2.15. The van der Waals surface area contributed by atoms with E-state index in [-0.39, 0.29) is 12.1 Å². The third kappa shape index (κ3) is 4.59. The van der Waals surface area contributed by atoms with E-state index in [1.54, 1.807) is 29.8 Å². The van der Waals surface area contributed by atoms with Crippen molar-refractivity contribution in [3.05, 3.63) is 71.4 Å². The molecule has 1 N–H and O–H groups in total. The smallest absolute Gasteiger partial charge is 0.338 e. The van der Waals surface area contributed by atoms with E-state index in [1.165, 1.54) is 5.56 Å². The van der Waals surface area contributed by atoms with E-state index < -0.39 is 0 Å². The zero-order chi connectivity index (χ0) is 22.0. The summed E-state index contributed by atoms with van der Waals surface area (Å²) >= 11 is 1.59. The van der Waals surface area contributed by atoms with Crippen LogP contribution in [0.2, 0.25) is 0 Å². The molecule has 2 aromatic carbocycles. The van der Waals surface area contributed by atoms with Gasteiger partial charge in [0.15, 0.2) is 0 Å². The summed E-state index contributed by atoms with van der Waals surface area (Å²) in [5.41, 5.74) is 4.80. The molecule has 31 heavy (non-hydrogen) atoms. The Morgan fingerprint density at radius 2 is 1.81 bits per heavy atom. The largest absolute Gasteiger partial charge is 0.459 e. The van der Waals surface area contributed by atoms with Gasteiger partial charge in [-0.25, -0.2) is 14.8 Å². The van der Waals surface area contributed by atoms with Crippen molar-refractivity contribution in [3.8, 4) is 11.1 Å². The van der Waals surface area contributed by atoms with Gasteiger partial charge in [0.1, 0.15) is 17.0 Å². The maximum absolute atomic E-state index is 12.3. The van der Waals surface area contributed by atoms with Gasteiger partial charge in [0.25, 0.3) is 0 Å². The predicted molar refractivity (Wildman–Crippen MR) is 127 cm³/mol. The number of nitrogens with zero attached hydrogens (tertiary/aromatic N) is 2. The number of thiophene rings is 1. The molecule has 5 nitrogen and oxygen atoms in total. The van der Waals surface area contributed by atoms with E-state index in [0.29, 0.717) is 17.3 Å². The third-order valence-corrected chi connectivity index (χ3v) is 5.85. The van der Waals surface area contributed by atoms with Gasteiger partial charge in [-0.05, 0) is 49.1 Å². The Hall–Kier alpha value is -3.25. The number of carbonyl (C=O) groups excluding carboxylic acids is 1. The van der Waals surface area contributed by atoms with Crippen LogP contribution in [0.5, 0.6) is 0 Å². The standard InChI is InChI=1S/C25H25N3O2S/c1-15(2)17-8-10-18(11-9-17)21-13-31-24-22(21)23(26-14-27-24)28-20-7-5-6-19(12-20)25(29)30-16(3)4/h5-16H,1-4H3,(H,26,27,28). The van der Waals surface area contributed by atoms with Crippen molar-refractivity contribution in [2.45, 2.75) is 39.7 Å². The van der Waals surface area contributed by atoms with Gasteiger partial charge in [-0.2, -0.15) is 0 Å². The van der Waals surface area contributed by atoms with Crippen LogP contribution >= 0.6 is 11.3 Å². The van der Waals surface area contributed by atoms with Crippen molar-refractivity contribution in [2.75, 3.05) is 5.32 Å². The van der Waals surface area contributed by atoms with E-state index in [4.69, 9.17) is 4.74 Å². The number of nitrogens with one attached hydrogen (secondary N) is 1. The molecule has 0 aliphatic heterocycles. The molecular formula is C25H25N3O2S. The van der Waals surface area contributed by atoms with Crippen LogP contribution in [0.25, 0.3) is 21.3 Å². The number of fused-ring (bicyclic) bond motifs is 1. The van der Waals surface area contributed by atoms with Gasteiger partial charge >= 0.3 is 5.97 Å². The number of ether oxygens (including phenoxy) is 1. The van der Waals surface area contributed by atoms with Crippen LogP contribution in [-0.2, 0) is 4.74 Å². The molecule has 0 bridgehead atoms. The van der Waals surface area contributed by atoms with Crippen molar-refractivity contribution >= 4 is 39.0 Å². The monoisotopic (exact) mass is 431 g/mol. The summed E-state index contributed by atoms with van der Waals surface area (Å²) < 4.78 is 5.31. The molecule has 0 spiro atoms. The number of anilines is 2. The zero-order valence-corrected chi connectivity index (χ0v) is 18.9. The summed E-state index contributed by atoms with van der Waals surface area (Å²) in [4.78, 5) is 22.1. The molecule has 2 heterocycles. The lowest BCUT2D eigenvalue weighted by atomic mass is 9.99. The van der Waals surface area contributed by atoms with Gasteiger partial charge in [-0.15, -0.1) is 11.3 Å². The molecule has 4 rings (SSSR count). The number of hydrogen-bond acceptors (Lipinski definition) is 6. The van der Waals surface area contributed by atoms with Gasteiger partial charge in [-0.3, -0.25) is 0 Å². The lowest BCUT2D eigenvalue weighted by molar-refractivity contribution is 0.0378. The molecule has 0 aliphatic rings. The molecule has 0 unspecified atom stereocenters. The van der Waals surface area contributed by atoms with Crippen molar-refractivity contribution in [1.29, 1.82) is 0 Å². The summed E-state index contributed by atoms with van der Waals surface area (Å²) in [7, 11) is 0. The fraction of sp³-hybridized carbons (Fsp3) is 0.240. The molecule has 0 aliphatic carbocycles. The first-order chi connectivity index (χ1) is 14.9. The lowest BCUT2D eigenvalue weighted by Gasteiger charge is -2.11. The molecule has 4 aromatic rings. The number of aromatic nitrogens is 2. The first-order valence-electron chi connectivity index (χ1n) is 10.3. The second-order valence-electron chi connectivity index (χ2n) is 7.99. The average molecular weight is 432 g/mol. The van der Waals surface area contributed by atoms with Gasteiger partial charge in [0.2, 0.25) is 0 Å². The van der Waals surface area contributed by atoms with Crippen LogP contribution in [-0.4, -0.2) is 22.0 Å². The first-order valence-corrected chi connectivity index (χ1v) is 11.2. The minimum absolute atomic E-state index is 0.166. The topological polar surface area (TPSA) is 64.1 Å². The number of benzene rings is 2. The van der Waals surface area contributed by atoms with Crippen molar-refractivity contribution in [3.63, 3.8) is 0 Å². The Balaban J connectivity index is 1.69. The minimum Gasteiger partial charge on any atom is -0.459 e. The SMILES string of the molecule is CC(C)OC(=O)c1cccc(Nc2ncnc3scc(-c4ccc(C(C)C)cc4)c23)c1. The van der Waals surface area contributed by atoms with Gasteiger partial charge in [0, 0.05) is 16.6 Å². The van der Waals surface area contributed by atoms with Crippen LogP contribution in [0.4, 0.5) is 11.5 Å². The molecule has 0 saturated heterocycles. The Morgan fingerprint density at radius 1 is 1.03 bits per heavy atom. The van der Waals surface area contributed by atoms with Gasteiger partial charge < -0.3 is 10.1 Å².